The van der Waals surface area contributed by atoms with Gasteiger partial charge in [0.05, 0.1) is 12.1 Å². The summed E-state index contributed by atoms with van der Waals surface area (Å²) in [5, 5.41) is 0.519. The molecule has 0 fully saturated rings. The van der Waals surface area contributed by atoms with Crippen molar-refractivity contribution < 1.29 is 4.52 Å². The maximum Gasteiger partial charge on any atom is 0.213 e. The maximum absolute atomic E-state index is 5.82. The summed E-state index contributed by atoms with van der Waals surface area (Å²) in [6, 6.07) is 0. The fraction of sp³-hybridized carbons (Fsp3) is 0.889. The maximum atomic E-state index is 5.82. The Kier molecular flexibility index (Phi) is 8.47. The van der Waals surface area contributed by atoms with Crippen LogP contribution < -0.4 is 0 Å². The number of nitrogens with zero attached hydrogens (tertiary/aromatic N) is 1. The fourth-order valence-corrected chi connectivity index (χ4v) is 7.54. The van der Waals surface area contributed by atoms with Gasteiger partial charge in [0, 0.05) is 12.3 Å². The Morgan fingerprint density at radius 2 is 2.13 bits per heavy atom. The van der Waals surface area contributed by atoms with Crippen molar-refractivity contribution in [2.45, 2.75) is 38.9 Å². The summed E-state index contributed by atoms with van der Waals surface area (Å²) in [6.45, 7) is 7.14. The van der Waals surface area contributed by atoms with Gasteiger partial charge < -0.3 is 9.19 Å². The normalized spacial score (nSPS) is 16.8. The Labute approximate surface area is 108 Å². The first kappa shape index (κ1) is 15.9. The lowest BCUT2D eigenvalue weighted by molar-refractivity contribution is 0.344. The molecule has 0 N–H and O–H groups in total. The van der Waals surface area contributed by atoms with Gasteiger partial charge in [0.25, 0.3) is 0 Å². The monoisotopic (exact) mass is 285 g/mol. The predicted molar refractivity (Wildman–Crippen MR) is 79.3 cm³/mol. The Bertz CT molecular complexity index is 237. The molecule has 0 aliphatic heterocycles. The molecule has 2 atom stereocenters. The first-order chi connectivity index (χ1) is 7.00. The number of hydrogen-bond donors (Lipinski definition) is 0. The molecular weight excluding hydrogens is 265 g/mol. The van der Waals surface area contributed by atoms with Gasteiger partial charge in [-0.1, -0.05) is 44.4 Å². The molecule has 0 radical (unpaired) electrons. The second-order valence-electron chi connectivity index (χ2n) is 3.31. The Morgan fingerprint density at radius 3 is 2.53 bits per heavy atom. The lowest BCUT2D eigenvalue weighted by Crippen LogP contribution is -2.13. The molecule has 2 nitrogen and oxygen atoms in total. The highest BCUT2D eigenvalue weighted by Gasteiger charge is 2.24. The van der Waals surface area contributed by atoms with E-state index in [-0.39, 0.29) is 0 Å². The Balaban J connectivity index is 4.54. The van der Waals surface area contributed by atoms with Gasteiger partial charge in [-0.25, -0.2) is 0 Å². The van der Waals surface area contributed by atoms with E-state index in [0.717, 1.165) is 12.8 Å². The summed E-state index contributed by atoms with van der Waals surface area (Å²) >= 11 is 12.3. The average molecular weight is 285 g/mol. The van der Waals surface area contributed by atoms with Gasteiger partial charge in [-0.05, 0) is 24.6 Å². The molecule has 0 rings (SSSR count). The van der Waals surface area contributed by atoms with Crippen LogP contribution in [0.3, 0.4) is 0 Å². The summed E-state index contributed by atoms with van der Waals surface area (Å²) in [6.07, 6.45) is 2.09. The minimum atomic E-state index is -1.98. The molecule has 0 aromatic rings. The van der Waals surface area contributed by atoms with Crippen LogP contribution >= 0.6 is 29.2 Å². The smallest absolute Gasteiger partial charge is 0.213 e. The topological polar surface area (TPSA) is 12.5 Å². The standard InChI is InChI=1S/C9H20NOPS3/c1-5-7-11-12(14,10(4)8-13)15-9(3)6-2/h8-9H,5-7H2,1-4H3. The van der Waals surface area contributed by atoms with Crippen LogP contribution in [0.15, 0.2) is 0 Å². The lowest BCUT2D eigenvalue weighted by atomic mass is 10.4. The van der Waals surface area contributed by atoms with Crippen molar-refractivity contribution in [2.24, 2.45) is 0 Å². The largest absolute Gasteiger partial charge is 0.326 e. The van der Waals surface area contributed by atoms with E-state index in [1.165, 1.54) is 0 Å². The minimum Gasteiger partial charge on any atom is -0.326 e. The van der Waals surface area contributed by atoms with E-state index in [2.05, 4.69) is 20.8 Å². The summed E-state index contributed by atoms with van der Waals surface area (Å²) in [7, 11) is 1.92. The van der Waals surface area contributed by atoms with Crippen LogP contribution in [0.1, 0.15) is 33.6 Å². The van der Waals surface area contributed by atoms with E-state index >= 15 is 0 Å². The van der Waals surface area contributed by atoms with Crippen molar-refractivity contribution in [3.05, 3.63) is 0 Å². The van der Waals surface area contributed by atoms with Gasteiger partial charge >= 0.3 is 0 Å². The van der Waals surface area contributed by atoms with Gasteiger partial charge in [-0.3, -0.25) is 0 Å². The molecule has 0 bridgehead atoms. The van der Waals surface area contributed by atoms with Crippen LogP contribution in [-0.4, -0.2) is 29.1 Å². The first-order valence-corrected chi connectivity index (χ1v) is 9.74. The van der Waals surface area contributed by atoms with E-state index < -0.39 is 5.62 Å². The molecule has 0 spiro atoms. The molecule has 0 saturated heterocycles. The molecule has 90 valence electrons. The molecule has 0 amide bonds. The Hall–Kier alpha value is 0.850. The van der Waals surface area contributed by atoms with E-state index in [0.29, 0.717) is 11.9 Å². The summed E-state index contributed by atoms with van der Waals surface area (Å²) in [5.41, 5.74) is -0.373. The first-order valence-electron chi connectivity index (χ1n) is 5.11. The third-order valence-corrected chi connectivity index (χ3v) is 9.55. The zero-order chi connectivity index (χ0) is 11.9. The van der Waals surface area contributed by atoms with Crippen molar-refractivity contribution in [1.82, 2.24) is 4.67 Å². The number of hydrogen-bond acceptors (Lipinski definition) is 4. The highest BCUT2D eigenvalue weighted by molar-refractivity contribution is 8.69. The molecule has 0 aromatic carbocycles. The van der Waals surface area contributed by atoms with Gasteiger partial charge in [0.1, 0.15) is 0 Å². The lowest BCUT2D eigenvalue weighted by Gasteiger charge is -2.30. The highest BCUT2D eigenvalue weighted by Crippen LogP contribution is 2.63. The van der Waals surface area contributed by atoms with Crippen LogP contribution in [0, 0.1) is 0 Å². The van der Waals surface area contributed by atoms with Crippen molar-refractivity contribution in [2.75, 3.05) is 13.7 Å². The van der Waals surface area contributed by atoms with Gasteiger partial charge in [0.2, 0.25) is 5.62 Å². The van der Waals surface area contributed by atoms with E-state index in [1.807, 2.05) is 11.7 Å². The van der Waals surface area contributed by atoms with Gasteiger partial charge in [-0.2, -0.15) is 0 Å². The van der Waals surface area contributed by atoms with Crippen molar-refractivity contribution in [1.29, 1.82) is 0 Å². The van der Waals surface area contributed by atoms with Gasteiger partial charge in [-0.15, -0.1) is 0 Å². The quantitative estimate of drug-likeness (QED) is 0.491. The number of rotatable bonds is 8. The molecule has 0 aromatic heterocycles. The molecule has 6 heteroatoms. The molecule has 0 aliphatic carbocycles. The molecular formula is C9H20NOPS3. The SMILES string of the molecule is CCCOP(=S)(SC(C)CC)N(C)C=S. The summed E-state index contributed by atoms with van der Waals surface area (Å²) < 4.78 is 7.71. The number of thiocarbonyl (C=S) groups is 1. The van der Waals surface area contributed by atoms with Crippen molar-refractivity contribution in [3.8, 4) is 0 Å². The summed E-state index contributed by atoms with van der Waals surface area (Å²) in [4.78, 5) is 0. The zero-order valence-electron chi connectivity index (χ0n) is 9.80. The molecule has 0 saturated carbocycles. The summed E-state index contributed by atoms with van der Waals surface area (Å²) in [5.74, 6) is 0. The fourth-order valence-electron chi connectivity index (χ4n) is 0.762. The van der Waals surface area contributed by atoms with Crippen LogP contribution in [0.25, 0.3) is 0 Å². The van der Waals surface area contributed by atoms with Crippen LogP contribution in [0.5, 0.6) is 0 Å². The predicted octanol–water partition coefficient (Wildman–Crippen LogP) is 4.06. The van der Waals surface area contributed by atoms with Crippen LogP contribution in [0.2, 0.25) is 0 Å². The third kappa shape index (κ3) is 5.64. The van der Waals surface area contributed by atoms with E-state index in [9.17, 15) is 0 Å². The molecule has 2 unspecified atom stereocenters. The average Bonchev–Trinajstić information content (AvgIpc) is 2.24. The molecule has 0 aliphatic rings. The van der Waals surface area contributed by atoms with Gasteiger partial charge in [0.15, 0.2) is 0 Å². The molecule has 0 heterocycles. The second kappa shape index (κ2) is 8.02. The molecule has 15 heavy (non-hydrogen) atoms. The Morgan fingerprint density at radius 1 is 1.53 bits per heavy atom. The van der Waals surface area contributed by atoms with Crippen LogP contribution in [-0.2, 0) is 16.3 Å². The zero-order valence-corrected chi connectivity index (χ0v) is 13.1. The minimum absolute atomic E-state index is 0.519. The van der Waals surface area contributed by atoms with Crippen LogP contribution in [0.4, 0.5) is 0 Å². The third-order valence-electron chi connectivity index (χ3n) is 1.89. The van der Waals surface area contributed by atoms with E-state index in [4.69, 9.17) is 28.5 Å². The second-order valence-corrected chi connectivity index (χ2v) is 10.7. The van der Waals surface area contributed by atoms with Crippen molar-refractivity contribution in [3.63, 3.8) is 0 Å². The van der Waals surface area contributed by atoms with E-state index in [1.54, 1.807) is 16.9 Å². The highest BCUT2D eigenvalue weighted by atomic mass is 32.9. The van der Waals surface area contributed by atoms with Crippen molar-refractivity contribution >= 4 is 46.5 Å².